The maximum atomic E-state index is 12.7. The number of hydrogen-bond acceptors (Lipinski definition) is 5. The van der Waals surface area contributed by atoms with Crippen molar-refractivity contribution in [3.05, 3.63) is 76.6 Å². The number of carbonyl (C=O) groups is 1. The lowest BCUT2D eigenvalue weighted by molar-refractivity contribution is 0.102. The molecule has 6 heteroatoms. The molecule has 0 saturated carbocycles. The summed E-state index contributed by atoms with van der Waals surface area (Å²) in [7, 11) is 1.65. The standard InChI is InChI=1S/C23H26N4O2/c1-15-6-5-7-16(2)21(15)27-22(28)20-14-17(3)25-23(26-20)24-13-12-18-8-10-19(29-4)11-9-18/h5-11,14H,12-13H2,1-4H3,(H,27,28)(H,24,25,26). The minimum Gasteiger partial charge on any atom is -0.497 e. The number of anilines is 2. The highest BCUT2D eigenvalue weighted by molar-refractivity contribution is 6.03. The van der Waals surface area contributed by atoms with E-state index in [1.807, 2.05) is 63.2 Å². The van der Waals surface area contributed by atoms with Gasteiger partial charge in [-0.2, -0.15) is 0 Å². The molecule has 0 spiro atoms. The Labute approximate surface area is 171 Å². The summed E-state index contributed by atoms with van der Waals surface area (Å²) in [5.74, 6) is 1.04. The van der Waals surface area contributed by atoms with Gasteiger partial charge in [-0.05, 0) is 62.1 Å². The van der Waals surface area contributed by atoms with Gasteiger partial charge in [-0.3, -0.25) is 4.79 Å². The molecule has 0 aliphatic rings. The average molecular weight is 390 g/mol. The van der Waals surface area contributed by atoms with Crippen LogP contribution in [0.5, 0.6) is 5.75 Å². The molecule has 6 nitrogen and oxygen atoms in total. The number of ether oxygens (including phenoxy) is 1. The van der Waals surface area contributed by atoms with E-state index < -0.39 is 0 Å². The Morgan fingerprint density at radius 1 is 1.00 bits per heavy atom. The van der Waals surface area contributed by atoms with Gasteiger partial charge < -0.3 is 15.4 Å². The smallest absolute Gasteiger partial charge is 0.274 e. The lowest BCUT2D eigenvalue weighted by Crippen LogP contribution is -2.18. The zero-order valence-corrected chi connectivity index (χ0v) is 17.2. The zero-order valence-electron chi connectivity index (χ0n) is 17.2. The summed E-state index contributed by atoms with van der Waals surface area (Å²) >= 11 is 0. The molecule has 3 rings (SSSR count). The largest absolute Gasteiger partial charge is 0.497 e. The molecule has 1 aromatic heterocycles. The van der Waals surface area contributed by atoms with Gasteiger partial charge in [0.1, 0.15) is 11.4 Å². The molecule has 2 aromatic carbocycles. The number of aryl methyl sites for hydroxylation is 3. The first kappa shape index (κ1) is 20.3. The minimum atomic E-state index is -0.244. The molecule has 2 N–H and O–H groups in total. The Kier molecular flexibility index (Phi) is 6.44. The summed E-state index contributed by atoms with van der Waals surface area (Å²) in [6, 6.07) is 15.5. The predicted molar refractivity (Wildman–Crippen MR) is 116 cm³/mol. The topological polar surface area (TPSA) is 76.1 Å². The Balaban J connectivity index is 1.66. The van der Waals surface area contributed by atoms with Crippen LogP contribution in [0.1, 0.15) is 32.9 Å². The number of amides is 1. The Morgan fingerprint density at radius 3 is 2.34 bits per heavy atom. The van der Waals surface area contributed by atoms with Crippen LogP contribution in [0.3, 0.4) is 0 Å². The van der Waals surface area contributed by atoms with Crippen LogP contribution >= 0.6 is 0 Å². The van der Waals surface area contributed by atoms with Crippen LogP contribution in [0.4, 0.5) is 11.6 Å². The normalized spacial score (nSPS) is 10.5. The summed E-state index contributed by atoms with van der Waals surface area (Å²) in [5, 5.41) is 6.18. The van der Waals surface area contributed by atoms with Crippen molar-refractivity contribution < 1.29 is 9.53 Å². The van der Waals surface area contributed by atoms with Crippen molar-refractivity contribution in [2.45, 2.75) is 27.2 Å². The quantitative estimate of drug-likeness (QED) is 0.628. The fourth-order valence-corrected chi connectivity index (χ4v) is 3.06. The van der Waals surface area contributed by atoms with Gasteiger partial charge in [-0.25, -0.2) is 9.97 Å². The molecule has 0 fully saturated rings. The van der Waals surface area contributed by atoms with Crippen LogP contribution in [0.2, 0.25) is 0 Å². The molecule has 29 heavy (non-hydrogen) atoms. The Morgan fingerprint density at radius 2 is 1.69 bits per heavy atom. The molecular formula is C23H26N4O2. The first-order valence-corrected chi connectivity index (χ1v) is 9.56. The molecule has 150 valence electrons. The van der Waals surface area contributed by atoms with E-state index in [1.54, 1.807) is 13.2 Å². The molecule has 0 saturated heterocycles. The van der Waals surface area contributed by atoms with Gasteiger partial charge >= 0.3 is 0 Å². The van der Waals surface area contributed by atoms with Crippen molar-refractivity contribution in [3.63, 3.8) is 0 Å². The second-order valence-corrected chi connectivity index (χ2v) is 6.96. The van der Waals surface area contributed by atoms with Crippen LogP contribution in [0, 0.1) is 20.8 Å². The fraction of sp³-hybridized carbons (Fsp3) is 0.261. The molecule has 3 aromatic rings. The maximum Gasteiger partial charge on any atom is 0.274 e. The van der Waals surface area contributed by atoms with E-state index in [0.717, 1.165) is 34.7 Å². The van der Waals surface area contributed by atoms with Crippen molar-refractivity contribution in [2.24, 2.45) is 0 Å². The van der Waals surface area contributed by atoms with Crippen molar-refractivity contribution >= 4 is 17.5 Å². The third-order valence-electron chi connectivity index (χ3n) is 4.66. The summed E-state index contributed by atoms with van der Waals surface area (Å²) in [4.78, 5) is 21.5. The summed E-state index contributed by atoms with van der Waals surface area (Å²) in [6.07, 6.45) is 0.811. The summed E-state index contributed by atoms with van der Waals surface area (Å²) < 4.78 is 5.18. The molecule has 1 heterocycles. The number of benzene rings is 2. The lowest BCUT2D eigenvalue weighted by atomic mass is 10.1. The van der Waals surface area contributed by atoms with E-state index in [0.29, 0.717) is 18.2 Å². The molecule has 0 aliphatic carbocycles. The first-order chi connectivity index (χ1) is 14.0. The van der Waals surface area contributed by atoms with E-state index in [-0.39, 0.29) is 5.91 Å². The van der Waals surface area contributed by atoms with E-state index in [9.17, 15) is 4.79 Å². The van der Waals surface area contributed by atoms with Gasteiger partial charge in [-0.1, -0.05) is 30.3 Å². The number of methoxy groups -OCH3 is 1. The van der Waals surface area contributed by atoms with Gasteiger partial charge in [0.15, 0.2) is 0 Å². The predicted octanol–water partition coefficient (Wildman–Crippen LogP) is 4.32. The lowest BCUT2D eigenvalue weighted by Gasteiger charge is -2.12. The van der Waals surface area contributed by atoms with Gasteiger partial charge in [0.2, 0.25) is 5.95 Å². The van der Waals surface area contributed by atoms with E-state index in [4.69, 9.17) is 4.74 Å². The number of para-hydroxylation sites is 1. The molecule has 0 unspecified atom stereocenters. The number of hydrogen-bond donors (Lipinski definition) is 2. The summed E-state index contributed by atoms with van der Waals surface area (Å²) in [5.41, 5.74) is 5.11. The molecule has 1 amide bonds. The van der Waals surface area contributed by atoms with Crippen molar-refractivity contribution in [1.82, 2.24) is 9.97 Å². The number of aromatic nitrogens is 2. The van der Waals surface area contributed by atoms with Crippen LogP contribution in [-0.2, 0) is 6.42 Å². The zero-order chi connectivity index (χ0) is 20.8. The third-order valence-corrected chi connectivity index (χ3v) is 4.66. The Hall–Kier alpha value is -3.41. The number of nitrogens with one attached hydrogen (secondary N) is 2. The summed E-state index contributed by atoms with van der Waals surface area (Å²) in [6.45, 7) is 6.46. The average Bonchev–Trinajstić information content (AvgIpc) is 2.71. The van der Waals surface area contributed by atoms with Gasteiger partial charge in [0, 0.05) is 17.9 Å². The number of carbonyl (C=O) groups excluding carboxylic acids is 1. The van der Waals surface area contributed by atoms with Crippen molar-refractivity contribution in [1.29, 1.82) is 0 Å². The van der Waals surface area contributed by atoms with Gasteiger partial charge in [0.25, 0.3) is 5.91 Å². The maximum absolute atomic E-state index is 12.7. The van der Waals surface area contributed by atoms with Crippen LogP contribution in [0.25, 0.3) is 0 Å². The van der Waals surface area contributed by atoms with Crippen LogP contribution in [-0.4, -0.2) is 29.5 Å². The number of nitrogens with zero attached hydrogens (tertiary/aromatic N) is 2. The highest BCUT2D eigenvalue weighted by Crippen LogP contribution is 2.20. The van der Waals surface area contributed by atoms with Crippen LogP contribution in [0.15, 0.2) is 48.5 Å². The fourth-order valence-electron chi connectivity index (χ4n) is 3.06. The second kappa shape index (κ2) is 9.19. The van der Waals surface area contributed by atoms with Crippen molar-refractivity contribution in [2.75, 3.05) is 24.3 Å². The molecule has 0 aliphatic heterocycles. The molecule has 0 atom stereocenters. The van der Waals surface area contributed by atoms with E-state index in [2.05, 4.69) is 20.6 Å². The molecule has 0 radical (unpaired) electrons. The molecular weight excluding hydrogens is 364 g/mol. The second-order valence-electron chi connectivity index (χ2n) is 6.96. The van der Waals surface area contributed by atoms with Crippen molar-refractivity contribution in [3.8, 4) is 5.75 Å². The first-order valence-electron chi connectivity index (χ1n) is 9.56. The molecule has 0 bridgehead atoms. The number of rotatable bonds is 7. The highest BCUT2D eigenvalue weighted by atomic mass is 16.5. The third kappa shape index (κ3) is 5.31. The van der Waals surface area contributed by atoms with Gasteiger partial charge in [0.05, 0.1) is 7.11 Å². The SMILES string of the molecule is COc1ccc(CCNc2nc(C)cc(C(=O)Nc3c(C)cccc3C)n2)cc1. The van der Waals surface area contributed by atoms with Gasteiger partial charge in [-0.15, -0.1) is 0 Å². The van der Waals surface area contributed by atoms with E-state index in [1.165, 1.54) is 5.56 Å². The minimum absolute atomic E-state index is 0.244. The van der Waals surface area contributed by atoms with E-state index >= 15 is 0 Å². The van der Waals surface area contributed by atoms with Crippen LogP contribution < -0.4 is 15.4 Å². The highest BCUT2D eigenvalue weighted by Gasteiger charge is 2.13. The monoisotopic (exact) mass is 390 g/mol. The Bertz CT molecular complexity index is 980.